The monoisotopic (exact) mass is 368 g/mol. The maximum atomic E-state index is 11.8. The van der Waals surface area contributed by atoms with Crippen LogP contribution in [0.3, 0.4) is 0 Å². The van der Waals surface area contributed by atoms with E-state index in [4.69, 9.17) is 4.74 Å². The molecule has 0 radical (unpaired) electrons. The highest BCUT2D eigenvalue weighted by Crippen LogP contribution is 2.09. The number of nitrogens with one attached hydrogen (secondary N) is 1. The average molecular weight is 368 g/mol. The van der Waals surface area contributed by atoms with Gasteiger partial charge in [0.25, 0.3) is 0 Å². The fraction of sp³-hybridized carbons (Fsp3) is 0.611. The van der Waals surface area contributed by atoms with E-state index in [-0.39, 0.29) is 11.7 Å². The number of hydrogen-bond acceptors (Lipinski definition) is 5. The predicted octanol–water partition coefficient (Wildman–Crippen LogP) is 1.21. The number of amides is 1. The maximum Gasteiger partial charge on any atom is 0.235 e. The molecule has 0 unspecified atom stereocenters. The first-order chi connectivity index (χ1) is 11.8. The Labute approximate surface area is 150 Å². The van der Waals surface area contributed by atoms with E-state index < -0.39 is 21.5 Å². The van der Waals surface area contributed by atoms with Crippen molar-refractivity contribution in [3.8, 4) is 0 Å². The molecule has 0 atom stereocenters. The molecule has 140 valence electrons. The van der Waals surface area contributed by atoms with Crippen molar-refractivity contribution in [2.75, 3.05) is 37.8 Å². The summed E-state index contributed by atoms with van der Waals surface area (Å²) >= 11 is 0. The van der Waals surface area contributed by atoms with Crippen LogP contribution in [0, 0.1) is 5.92 Å². The predicted molar refractivity (Wildman–Crippen MR) is 97.9 cm³/mol. The summed E-state index contributed by atoms with van der Waals surface area (Å²) in [7, 11) is -3.34. The van der Waals surface area contributed by atoms with Crippen molar-refractivity contribution in [3.63, 3.8) is 0 Å². The van der Waals surface area contributed by atoms with Gasteiger partial charge in [-0.15, -0.1) is 0 Å². The van der Waals surface area contributed by atoms with E-state index >= 15 is 0 Å². The largest absolute Gasteiger partial charge is 0.379 e. The molecule has 25 heavy (non-hydrogen) atoms. The van der Waals surface area contributed by atoms with Gasteiger partial charge in [0.05, 0.1) is 19.0 Å². The standard InChI is InChI=1S/C18H28N2O4S/c1-15(2)13-25(22,23)14-18(21)19-11-16-3-5-17(6-4-16)12-20-7-9-24-10-8-20/h3-6,15H,7-14H2,1-2H3,(H,19,21). The van der Waals surface area contributed by atoms with E-state index in [1.165, 1.54) is 5.56 Å². The molecule has 1 aromatic rings. The van der Waals surface area contributed by atoms with Gasteiger partial charge in [-0.2, -0.15) is 0 Å². The number of hydrogen-bond donors (Lipinski definition) is 1. The highest BCUT2D eigenvalue weighted by molar-refractivity contribution is 7.92. The van der Waals surface area contributed by atoms with Gasteiger partial charge < -0.3 is 10.1 Å². The van der Waals surface area contributed by atoms with Crippen molar-refractivity contribution in [1.29, 1.82) is 0 Å². The highest BCUT2D eigenvalue weighted by Gasteiger charge is 2.18. The Morgan fingerprint density at radius 3 is 2.36 bits per heavy atom. The quantitative estimate of drug-likeness (QED) is 0.746. The third kappa shape index (κ3) is 7.54. The number of ether oxygens (including phenoxy) is 1. The Morgan fingerprint density at radius 2 is 1.76 bits per heavy atom. The summed E-state index contributed by atoms with van der Waals surface area (Å²) in [5.74, 6) is -0.827. The third-order valence-corrected chi connectivity index (χ3v) is 5.84. The lowest BCUT2D eigenvalue weighted by Crippen LogP contribution is -2.35. The average Bonchev–Trinajstić information content (AvgIpc) is 2.53. The molecule has 1 N–H and O–H groups in total. The zero-order chi connectivity index (χ0) is 18.3. The van der Waals surface area contributed by atoms with Crippen molar-refractivity contribution in [2.24, 2.45) is 5.92 Å². The van der Waals surface area contributed by atoms with E-state index in [2.05, 4.69) is 10.2 Å². The normalized spacial score (nSPS) is 16.1. The number of carbonyl (C=O) groups is 1. The lowest BCUT2D eigenvalue weighted by atomic mass is 10.1. The molecule has 1 aliphatic rings. The first-order valence-corrected chi connectivity index (χ1v) is 10.5. The van der Waals surface area contributed by atoms with Gasteiger partial charge >= 0.3 is 0 Å². The Balaban J connectivity index is 1.78. The molecule has 1 aliphatic heterocycles. The third-order valence-electron chi connectivity index (χ3n) is 3.96. The zero-order valence-corrected chi connectivity index (χ0v) is 15.8. The van der Waals surface area contributed by atoms with Gasteiger partial charge in [-0.25, -0.2) is 8.42 Å². The molecule has 6 nitrogen and oxygen atoms in total. The SMILES string of the molecule is CC(C)CS(=O)(=O)CC(=O)NCc1ccc(CN2CCOCC2)cc1. The van der Waals surface area contributed by atoms with E-state index in [0.717, 1.165) is 38.4 Å². The molecule has 1 amide bonds. The second-order valence-electron chi connectivity index (χ2n) is 6.93. The molecule has 0 bridgehead atoms. The molecule has 0 aromatic heterocycles. The Kier molecular flexibility index (Phi) is 7.40. The molecule has 2 rings (SSSR count). The number of rotatable bonds is 8. The number of nitrogens with zero attached hydrogens (tertiary/aromatic N) is 1. The van der Waals surface area contributed by atoms with Crippen LogP contribution in [0.15, 0.2) is 24.3 Å². The summed E-state index contributed by atoms with van der Waals surface area (Å²) in [4.78, 5) is 14.2. The Morgan fingerprint density at radius 1 is 1.16 bits per heavy atom. The number of sulfone groups is 1. The molecule has 1 fully saturated rings. The highest BCUT2D eigenvalue weighted by atomic mass is 32.2. The van der Waals surface area contributed by atoms with Crippen molar-refractivity contribution in [3.05, 3.63) is 35.4 Å². The molecule has 0 spiro atoms. The van der Waals surface area contributed by atoms with Crippen molar-refractivity contribution in [1.82, 2.24) is 10.2 Å². The minimum absolute atomic E-state index is 0.0248. The van der Waals surface area contributed by atoms with Crippen LogP contribution in [0.4, 0.5) is 0 Å². The van der Waals surface area contributed by atoms with Gasteiger partial charge in [0.15, 0.2) is 9.84 Å². The Hall–Kier alpha value is -1.44. The van der Waals surface area contributed by atoms with Crippen molar-refractivity contribution in [2.45, 2.75) is 26.9 Å². The lowest BCUT2D eigenvalue weighted by Gasteiger charge is -2.26. The molecular formula is C18H28N2O4S. The van der Waals surface area contributed by atoms with E-state index in [1.807, 2.05) is 38.1 Å². The zero-order valence-electron chi connectivity index (χ0n) is 15.0. The Bertz CT molecular complexity index is 650. The first-order valence-electron chi connectivity index (χ1n) is 8.69. The summed E-state index contributed by atoms with van der Waals surface area (Å²) in [6, 6.07) is 8.04. The molecular weight excluding hydrogens is 340 g/mol. The number of morpholine rings is 1. The van der Waals surface area contributed by atoms with E-state index in [1.54, 1.807) is 0 Å². The summed E-state index contributed by atoms with van der Waals surface area (Å²) in [5, 5.41) is 2.68. The van der Waals surface area contributed by atoms with Crippen LogP contribution >= 0.6 is 0 Å². The van der Waals surface area contributed by atoms with E-state index in [0.29, 0.717) is 6.54 Å². The lowest BCUT2D eigenvalue weighted by molar-refractivity contribution is -0.118. The second-order valence-corrected chi connectivity index (χ2v) is 9.04. The van der Waals surface area contributed by atoms with E-state index in [9.17, 15) is 13.2 Å². The van der Waals surface area contributed by atoms with Crippen LogP contribution < -0.4 is 5.32 Å². The van der Waals surface area contributed by atoms with Crippen molar-refractivity contribution >= 4 is 15.7 Å². The molecule has 0 aliphatic carbocycles. The first kappa shape index (κ1) is 19.9. The molecule has 1 saturated heterocycles. The van der Waals surface area contributed by atoms with Crippen molar-refractivity contribution < 1.29 is 17.9 Å². The van der Waals surface area contributed by atoms with Crippen LogP contribution in [-0.2, 0) is 32.5 Å². The van der Waals surface area contributed by atoms with Crippen LogP contribution in [0.5, 0.6) is 0 Å². The summed E-state index contributed by atoms with van der Waals surface area (Å²) in [6.45, 7) is 8.35. The fourth-order valence-corrected chi connectivity index (χ4v) is 4.43. The van der Waals surface area contributed by atoms with Gasteiger partial charge in [0.1, 0.15) is 5.75 Å². The van der Waals surface area contributed by atoms with Gasteiger partial charge in [-0.1, -0.05) is 38.1 Å². The minimum atomic E-state index is -3.34. The van der Waals surface area contributed by atoms with Crippen LogP contribution in [0.2, 0.25) is 0 Å². The summed E-state index contributed by atoms with van der Waals surface area (Å²) < 4.78 is 29.0. The van der Waals surface area contributed by atoms with Gasteiger partial charge in [-0.3, -0.25) is 9.69 Å². The molecule has 1 aromatic carbocycles. The summed E-state index contributed by atoms with van der Waals surface area (Å²) in [5.41, 5.74) is 2.18. The van der Waals surface area contributed by atoms with Crippen LogP contribution in [-0.4, -0.2) is 57.0 Å². The van der Waals surface area contributed by atoms with Crippen LogP contribution in [0.25, 0.3) is 0 Å². The maximum absolute atomic E-state index is 11.8. The summed E-state index contributed by atoms with van der Waals surface area (Å²) in [6.07, 6.45) is 0. The van der Waals surface area contributed by atoms with Crippen LogP contribution in [0.1, 0.15) is 25.0 Å². The smallest absolute Gasteiger partial charge is 0.235 e. The molecule has 0 saturated carbocycles. The minimum Gasteiger partial charge on any atom is -0.379 e. The van der Waals surface area contributed by atoms with Gasteiger partial charge in [0.2, 0.25) is 5.91 Å². The second kappa shape index (κ2) is 9.31. The number of carbonyl (C=O) groups excluding carboxylic acids is 1. The van der Waals surface area contributed by atoms with Gasteiger partial charge in [0, 0.05) is 26.2 Å². The fourth-order valence-electron chi connectivity index (χ4n) is 2.80. The van der Waals surface area contributed by atoms with Gasteiger partial charge in [-0.05, 0) is 17.0 Å². The number of benzene rings is 1. The molecule has 1 heterocycles. The topological polar surface area (TPSA) is 75.7 Å². The molecule has 7 heteroatoms.